The number of aromatic nitrogens is 4. The molecule has 3 fully saturated rings. The lowest BCUT2D eigenvalue weighted by atomic mass is 9.85. The maximum absolute atomic E-state index is 12.5. The van der Waals surface area contributed by atoms with Crippen molar-refractivity contribution in [3.05, 3.63) is 18.0 Å². The van der Waals surface area contributed by atoms with Crippen LogP contribution in [0.25, 0.3) is 5.65 Å². The quantitative estimate of drug-likeness (QED) is 0.802. The minimum atomic E-state index is -3.10. The molecule has 9 heteroatoms. The smallest absolute Gasteiger partial charge is 0.217 e. The van der Waals surface area contributed by atoms with Gasteiger partial charge in [0.15, 0.2) is 11.5 Å². The highest BCUT2D eigenvalue weighted by atomic mass is 32.2. The fraction of sp³-hybridized carbons (Fsp3) is 0.706. The molecule has 2 aliphatic carbocycles. The number of anilines is 1. The van der Waals surface area contributed by atoms with Gasteiger partial charge >= 0.3 is 0 Å². The molecule has 0 amide bonds. The number of nitrogens with zero attached hydrogens (tertiary/aromatic N) is 6. The molecule has 140 valence electrons. The Morgan fingerprint density at radius 2 is 1.77 bits per heavy atom. The second-order valence-corrected chi connectivity index (χ2v) is 9.84. The zero-order chi connectivity index (χ0) is 17.7. The van der Waals surface area contributed by atoms with E-state index in [0.29, 0.717) is 25.6 Å². The second-order valence-electron chi connectivity index (χ2n) is 7.63. The first-order valence-corrected chi connectivity index (χ1v) is 11.1. The van der Waals surface area contributed by atoms with E-state index in [1.807, 2.05) is 16.6 Å². The Morgan fingerprint density at radius 3 is 2.50 bits per heavy atom. The maximum atomic E-state index is 12.5. The summed E-state index contributed by atoms with van der Waals surface area (Å²) >= 11 is 0. The van der Waals surface area contributed by atoms with E-state index in [1.54, 1.807) is 4.31 Å². The summed E-state index contributed by atoms with van der Waals surface area (Å²) in [4.78, 5) is 2.19. The van der Waals surface area contributed by atoms with Crippen molar-refractivity contribution < 1.29 is 8.42 Å². The SMILES string of the molecule is O=S(=O)(C1CC1)N1CCCN(c2ccc3nnc(C4CCC4)n3n2)CC1. The highest BCUT2D eigenvalue weighted by Crippen LogP contribution is 2.35. The van der Waals surface area contributed by atoms with Crippen LogP contribution in [0.4, 0.5) is 5.82 Å². The van der Waals surface area contributed by atoms with Gasteiger partial charge in [0.25, 0.3) is 0 Å². The standard InChI is InChI=1S/C17H24N6O2S/c24-26(25,14-5-6-14)22-10-2-9-21(11-12-22)16-8-7-15-18-19-17(23(15)20-16)13-3-1-4-13/h7-8,13-14H,1-6,9-12H2. The van der Waals surface area contributed by atoms with Crippen LogP contribution in [0.5, 0.6) is 0 Å². The van der Waals surface area contributed by atoms with Gasteiger partial charge in [0, 0.05) is 32.1 Å². The Kier molecular flexibility index (Phi) is 3.89. The van der Waals surface area contributed by atoms with E-state index in [9.17, 15) is 8.42 Å². The van der Waals surface area contributed by atoms with Crippen molar-refractivity contribution in [2.75, 3.05) is 31.1 Å². The lowest BCUT2D eigenvalue weighted by Crippen LogP contribution is -2.37. The van der Waals surface area contributed by atoms with Gasteiger partial charge in [0.2, 0.25) is 10.0 Å². The molecule has 0 bridgehead atoms. The monoisotopic (exact) mass is 376 g/mol. The molecule has 1 aliphatic heterocycles. The van der Waals surface area contributed by atoms with Crippen LogP contribution < -0.4 is 4.90 Å². The van der Waals surface area contributed by atoms with Crippen molar-refractivity contribution >= 4 is 21.5 Å². The molecule has 8 nitrogen and oxygen atoms in total. The summed E-state index contributed by atoms with van der Waals surface area (Å²) in [6.07, 6.45) is 6.02. The molecular weight excluding hydrogens is 352 g/mol. The van der Waals surface area contributed by atoms with Crippen LogP contribution in [0, 0.1) is 0 Å². The molecule has 2 aromatic rings. The van der Waals surface area contributed by atoms with Crippen molar-refractivity contribution in [1.29, 1.82) is 0 Å². The number of hydrogen-bond acceptors (Lipinski definition) is 6. The van der Waals surface area contributed by atoms with Gasteiger partial charge in [0.1, 0.15) is 5.82 Å². The second kappa shape index (κ2) is 6.16. The molecule has 0 atom stereocenters. The Labute approximate surface area is 153 Å². The Morgan fingerprint density at radius 1 is 0.923 bits per heavy atom. The van der Waals surface area contributed by atoms with Gasteiger partial charge in [-0.15, -0.1) is 15.3 Å². The molecule has 0 unspecified atom stereocenters. The van der Waals surface area contributed by atoms with Crippen LogP contribution in [-0.2, 0) is 10.0 Å². The largest absolute Gasteiger partial charge is 0.354 e. The lowest BCUT2D eigenvalue weighted by molar-refractivity contribution is 0.395. The molecule has 26 heavy (non-hydrogen) atoms. The summed E-state index contributed by atoms with van der Waals surface area (Å²) in [5.41, 5.74) is 0.781. The van der Waals surface area contributed by atoms with Gasteiger partial charge in [-0.05, 0) is 44.2 Å². The average molecular weight is 376 g/mol. The minimum Gasteiger partial charge on any atom is -0.354 e. The van der Waals surface area contributed by atoms with Gasteiger partial charge in [-0.2, -0.15) is 8.82 Å². The van der Waals surface area contributed by atoms with Crippen molar-refractivity contribution in [3.63, 3.8) is 0 Å². The first kappa shape index (κ1) is 16.4. The van der Waals surface area contributed by atoms with Gasteiger partial charge in [-0.1, -0.05) is 6.42 Å². The van der Waals surface area contributed by atoms with Crippen LogP contribution in [0.15, 0.2) is 12.1 Å². The van der Waals surface area contributed by atoms with E-state index in [4.69, 9.17) is 5.10 Å². The summed E-state index contributed by atoms with van der Waals surface area (Å²) in [6.45, 7) is 2.63. The number of hydrogen-bond donors (Lipinski definition) is 0. The topological polar surface area (TPSA) is 83.7 Å². The van der Waals surface area contributed by atoms with Crippen LogP contribution in [0.3, 0.4) is 0 Å². The Bertz CT molecular complexity index is 918. The average Bonchev–Trinajstić information content (AvgIpc) is 3.40. The highest BCUT2D eigenvalue weighted by molar-refractivity contribution is 7.90. The Hall–Kier alpha value is -1.74. The first-order chi connectivity index (χ1) is 12.6. The molecule has 1 saturated heterocycles. The van der Waals surface area contributed by atoms with E-state index in [2.05, 4.69) is 15.1 Å². The zero-order valence-corrected chi connectivity index (χ0v) is 15.6. The number of rotatable bonds is 4. The van der Waals surface area contributed by atoms with Crippen molar-refractivity contribution in [3.8, 4) is 0 Å². The normalized spacial score (nSPS) is 23.2. The summed E-state index contributed by atoms with van der Waals surface area (Å²) in [6, 6.07) is 3.93. The molecule has 0 N–H and O–H groups in total. The van der Waals surface area contributed by atoms with Crippen molar-refractivity contribution in [2.24, 2.45) is 0 Å². The number of fused-ring (bicyclic) bond motifs is 1. The van der Waals surface area contributed by atoms with Gasteiger partial charge in [0.05, 0.1) is 5.25 Å². The van der Waals surface area contributed by atoms with E-state index in [0.717, 1.165) is 55.9 Å². The molecule has 3 aliphatic rings. The fourth-order valence-corrected chi connectivity index (χ4v) is 5.71. The van der Waals surface area contributed by atoms with E-state index in [-0.39, 0.29) is 5.25 Å². The third kappa shape index (κ3) is 2.77. The molecule has 0 aromatic carbocycles. The third-order valence-electron chi connectivity index (χ3n) is 5.83. The highest BCUT2D eigenvalue weighted by Gasteiger charge is 2.40. The van der Waals surface area contributed by atoms with Gasteiger partial charge < -0.3 is 4.90 Å². The minimum absolute atomic E-state index is 0.134. The third-order valence-corrected chi connectivity index (χ3v) is 8.23. The molecule has 0 radical (unpaired) electrons. The summed E-state index contributed by atoms with van der Waals surface area (Å²) in [5.74, 6) is 2.31. The predicted molar refractivity (Wildman–Crippen MR) is 97.7 cm³/mol. The summed E-state index contributed by atoms with van der Waals surface area (Å²) < 4.78 is 28.6. The molecular formula is C17H24N6O2S. The van der Waals surface area contributed by atoms with E-state index in [1.165, 1.54) is 6.42 Å². The molecule has 2 saturated carbocycles. The lowest BCUT2D eigenvalue weighted by Gasteiger charge is -2.24. The molecule has 2 aromatic heterocycles. The van der Waals surface area contributed by atoms with Gasteiger partial charge in [-0.25, -0.2) is 8.42 Å². The van der Waals surface area contributed by atoms with Crippen LogP contribution in [-0.4, -0.2) is 64.0 Å². The molecule has 0 spiro atoms. The van der Waals surface area contributed by atoms with E-state index >= 15 is 0 Å². The van der Waals surface area contributed by atoms with Crippen molar-refractivity contribution in [2.45, 2.75) is 49.7 Å². The summed E-state index contributed by atoms with van der Waals surface area (Å²) in [7, 11) is -3.10. The Balaban J connectivity index is 1.37. The zero-order valence-electron chi connectivity index (χ0n) is 14.8. The molecule has 5 rings (SSSR count). The van der Waals surface area contributed by atoms with Crippen molar-refractivity contribution in [1.82, 2.24) is 24.1 Å². The molecule has 3 heterocycles. The van der Waals surface area contributed by atoms with Crippen LogP contribution in [0.1, 0.15) is 50.3 Å². The predicted octanol–water partition coefficient (Wildman–Crippen LogP) is 1.40. The van der Waals surface area contributed by atoms with E-state index < -0.39 is 10.0 Å². The fourth-order valence-electron chi connectivity index (χ4n) is 3.84. The maximum Gasteiger partial charge on any atom is 0.217 e. The summed E-state index contributed by atoms with van der Waals surface area (Å²) in [5, 5.41) is 13.2. The number of sulfonamides is 1. The van der Waals surface area contributed by atoms with Crippen LogP contribution in [0.2, 0.25) is 0 Å². The van der Waals surface area contributed by atoms with Crippen LogP contribution >= 0.6 is 0 Å². The first-order valence-electron chi connectivity index (χ1n) is 9.59. The van der Waals surface area contributed by atoms with Gasteiger partial charge in [-0.3, -0.25) is 0 Å².